The van der Waals surface area contributed by atoms with E-state index in [2.05, 4.69) is 4.98 Å². The SMILES string of the molecule is NCc1cccc(-c2cccc(Oc3nc(Oc4cc(I)ccc4C(=O)O)c(F)cc3F)c2)c1. The fraction of sp³-hybridized carbons (Fsp3) is 0.0400. The van der Waals surface area contributed by atoms with Crippen molar-refractivity contribution in [3.05, 3.63) is 99.1 Å². The van der Waals surface area contributed by atoms with E-state index >= 15 is 0 Å². The van der Waals surface area contributed by atoms with Crippen LogP contribution in [0.3, 0.4) is 0 Å². The Morgan fingerprint density at radius 2 is 1.59 bits per heavy atom. The molecule has 3 aromatic carbocycles. The fourth-order valence-electron chi connectivity index (χ4n) is 3.17. The lowest BCUT2D eigenvalue weighted by molar-refractivity contribution is 0.0694. The van der Waals surface area contributed by atoms with Gasteiger partial charge in [-0.25, -0.2) is 13.6 Å². The van der Waals surface area contributed by atoms with E-state index in [0.717, 1.165) is 16.7 Å². The van der Waals surface area contributed by atoms with Gasteiger partial charge < -0.3 is 20.3 Å². The minimum atomic E-state index is -1.26. The van der Waals surface area contributed by atoms with Crippen molar-refractivity contribution in [1.82, 2.24) is 4.98 Å². The predicted molar refractivity (Wildman–Crippen MR) is 130 cm³/mol. The van der Waals surface area contributed by atoms with Crippen molar-refractivity contribution in [3.63, 3.8) is 0 Å². The number of pyridine rings is 1. The van der Waals surface area contributed by atoms with Gasteiger partial charge in [-0.1, -0.05) is 30.3 Å². The maximum atomic E-state index is 14.5. The van der Waals surface area contributed by atoms with Crippen LogP contribution < -0.4 is 15.2 Å². The quantitative estimate of drug-likeness (QED) is 0.249. The summed E-state index contributed by atoms with van der Waals surface area (Å²) in [6.07, 6.45) is 0. The van der Waals surface area contributed by atoms with Gasteiger partial charge in [0.1, 0.15) is 17.1 Å². The molecule has 6 nitrogen and oxygen atoms in total. The maximum absolute atomic E-state index is 14.5. The molecule has 1 heterocycles. The number of nitrogens with zero attached hydrogens (tertiary/aromatic N) is 1. The molecule has 0 aliphatic carbocycles. The predicted octanol–water partition coefficient (Wildman–Crippen LogP) is 6.37. The highest BCUT2D eigenvalue weighted by atomic mass is 127. The average Bonchev–Trinajstić information content (AvgIpc) is 2.82. The zero-order valence-electron chi connectivity index (χ0n) is 17.5. The molecule has 9 heteroatoms. The molecule has 34 heavy (non-hydrogen) atoms. The Balaban J connectivity index is 1.65. The fourth-order valence-corrected chi connectivity index (χ4v) is 3.63. The van der Waals surface area contributed by atoms with Gasteiger partial charge in [-0.15, -0.1) is 0 Å². The van der Waals surface area contributed by atoms with Crippen molar-refractivity contribution in [1.29, 1.82) is 0 Å². The van der Waals surface area contributed by atoms with E-state index in [-0.39, 0.29) is 17.1 Å². The van der Waals surface area contributed by atoms with Crippen molar-refractivity contribution in [2.75, 3.05) is 0 Å². The number of benzene rings is 3. The summed E-state index contributed by atoms with van der Waals surface area (Å²) in [4.78, 5) is 15.3. The molecule has 4 rings (SSSR count). The number of aromatic nitrogens is 1. The first-order valence-corrected chi connectivity index (χ1v) is 11.1. The first-order valence-electron chi connectivity index (χ1n) is 9.98. The first kappa shape index (κ1) is 23.6. The summed E-state index contributed by atoms with van der Waals surface area (Å²) >= 11 is 1.96. The molecule has 3 N–H and O–H groups in total. The summed E-state index contributed by atoms with van der Waals surface area (Å²) in [6.45, 7) is 0.390. The van der Waals surface area contributed by atoms with Crippen LogP contribution in [0.2, 0.25) is 0 Å². The monoisotopic (exact) mass is 574 g/mol. The molecule has 4 aromatic rings. The Kier molecular flexibility index (Phi) is 7.03. The highest BCUT2D eigenvalue weighted by Crippen LogP contribution is 2.33. The van der Waals surface area contributed by atoms with Gasteiger partial charge in [-0.3, -0.25) is 0 Å². The molecule has 172 valence electrons. The Morgan fingerprint density at radius 1 is 0.912 bits per heavy atom. The number of carboxylic acid groups (broad SMARTS) is 1. The Hall–Kier alpha value is -3.57. The lowest BCUT2D eigenvalue weighted by atomic mass is 10.0. The summed E-state index contributed by atoms with van der Waals surface area (Å²) in [6, 6.07) is 19.4. The average molecular weight is 574 g/mol. The Morgan fingerprint density at radius 3 is 2.29 bits per heavy atom. The topological polar surface area (TPSA) is 94.7 Å². The zero-order chi connectivity index (χ0) is 24.2. The normalized spacial score (nSPS) is 10.7. The number of ether oxygens (including phenoxy) is 2. The lowest BCUT2D eigenvalue weighted by Gasteiger charge is -2.12. The summed E-state index contributed by atoms with van der Waals surface area (Å²) in [5.74, 6) is -4.42. The minimum absolute atomic E-state index is 0.134. The van der Waals surface area contributed by atoms with Gasteiger partial charge in [-0.05, 0) is 75.7 Å². The van der Waals surface area contributed by atoms with Gasteiger partial charge in [0.15, 0.2) is 11.6 Å². The Labute approximate surface area is 207 Å². The summed E-state index contributed by atoms with van der Waals surface area (Å²) in [7, 11) is 0. The van der Waals surface area contributed by atoms with Crippen LogP contribution in [-0.4, -0.2) is 16.1 Å². The first-order chi connectivity index (χ1) is 16.3. The molecular weight excluding hydrogens is 557 g/mol. The van der Waals surface area contributed by atoms with Crippen LogP contribution in [0, 0.1) is 15.2 Å². The van der Waals surface area contributed by atoms with Gasteiger partial charge in [0, 0.05) is 16.2 Å². The van der Waals surface area contributed by atoms with E-state index in [4.69, 9.17) is 15.2 Å². The van der Waals surface area contributed by atoms with Crippen LogP contribution in [0.25, 0.3) is 11.1 Å². The van der Waals surface area contributed by atoms with Gasteiger partial charge in [-0.2, -0.15) is 4.98 Å². The molecule has 0 radical (unpaired) electrons. The van der Waals surface area contributed by atoms with Crippen molar-refractivity contribution in [2.24, 2.45) is 5.73 Å². The number of aromatic carboxylic acids is 1. The second kappa shape index (κ2) is 10.1. The molecule has 0 aliphatic heterocycles. The largest absolute Gasteiger partial charge is 0.478 e. The molecule has 0 saturated carbocycles. The second-order valence-corrected chi connectivity index (χ2v) is 8.39. The highest BCUT2D eigenvalue weighted by molar-refractivity contribution is 14.1. The van der Waals surface area contributed by atoms with E-state index in [1.165, 1.54) is 12.1 Å². The van der Waals surface area contributed by atoms with E-state index in [1.807, 2.05) is 52.9 Å². The van der Waals surface area contributed by atoms with Crippen molar-refractivity contribution < 1.29 is 28.2 Å². The smallest absolute Gasteiger partial charge is 0.339 e. The van der Waals surface area contributed by atoms with E-state index < -0.39 is 29.4 Å². The number of rotatable bonds is 7. The zero-order valence-corrected chi connectivity index (χ0v) is 19.6. The lowest BCUT2D eigenvalue weighted by Crippen LogP contribution is -2.03. The van der Waals surface area contributed by atoms with Crippen LogP contribution >= 0.6 is 22.6 Å². The number of carbonyl (C=O) groups is 1. The molecule has 0 unspecified atom stereocenters. The third kappa shape index (κ3) is 5.32. The van der Waals surface area contributed by atoms with Crippen molar-refractivity contribution >= 4 is 28.6 Å². The van der Waals surface area contributed by atoms with Gasteiger partial charge in [0.05, 0.1) is 0 Å². The molecule has 0 aliphatic rings. The van der Waals surface area contributed by atoms with Gasteiger partial charge in [0.2, 0.25) is 0 Å². The number of nitrogens with two attached hydrogens (primary N) is 1. The van der Waals surface area contributed by atoms with E-state index in [1.54, 1.807) is 24.3 Å². The van der Waals surface area contributed by atoms with Crippen molar-refractivity contribution in [2.45, 2.75) is 6.54 Å². The van der Waals surface area contributed by atoms with Crippen LogP contribution in [0.5, 0.6) is 23.3 Å². The highest BCUT2D eigenvalue weighted by Gasteiger charge is 2.19. The molecule has 0 amide bonds. The molecule has 0 fully saturated rings. The van der Waals surface area contributed by atoms with Crippen molar-refractivity contribution in [3.8, 4) is 34.4 Å². The molecule has 0 saturated heterocycles. The third-order valence-electron chi connectivity index (χ3n) is 4.79. The molecule has 0 bridgehead atoms. The minimum Gasteiger partial charge on any atom is -0.478 e. The number of hydrogen-bond acceptors (Lipinski definition) is 5. The Bertz CT molecular complexity index is 1380. The third-order valence-corrected chi connectivity index (χ3v) is 5.46. The van der Waals surface area contributed by atoms with Gasteiger partial charge >= 0.3 is 5.97 Å². The van der Waals surface area contributed by atoms with E-state index in [9.17, 15) is 18.7 Å². The van der Waals surface area contributed by atoms with Crippen LogP contribution in [0.1, 0.15) is 15.9 Å². The molecule has 0 atom stereocenters. The van der Waals surface area contributed by atoms with E-state index in [0.29, 0.717) is 16.2 Å². The summed E-state index contributed by atoms with van der Waals surface area (Å²) in [5.41, 5.74) is 8.17. The second-order valence-electron chi connectivity index (χ2n) is 7.14. The molecular formula is C25H17F2IN2O4. The molecule has 1 aromatic heterocycles. The number of hydrogen-bond donors (Lipinski definition) is 2. The van der Waals surface area contributed by atoms with Gasteiger partial charge in [0.25, 0.3) is 11.8 Å². The van der Waals surface area contributed by atoms with Crippen LogP contribution in [-0.2, 0) is 6.54 Å². The summed E-state index contributed by atoms with van der Waals surface area (Å²) in [5, 5.41) is 9.36. The number of carboxylic acids is 1. The number of halogens is 3. The van der Waals surface area contributed by atoms with Crippen LogP contribution in [0.15, 0.2) is 72.8 Å². The standard InChI is InChI=1S/C25H17F2IN2O4/c26-20-12-21(27)24(34-22-11-17(28)7-8-19(22)25(31)32)30-23(20)33-18-6-2-5-16(10-18)15-4-1-3-14(9-15)13-29/h1-12H,13,29H2,(H,31,32). The summed E-state index contributed by atoms with van der Waals surface area (Å²) < 4.78 is 40.5. The molecule has 0 spiro atoms. The van der Waals surface area contributed by atoms with Crippen LogP contribution in [0.4, 0.5) is 8.78 Å². The maximum Gasteiger partial charge on any atom is 0.339 e.